The van der Waals surface area contributed by atoms with Gasteiger partial charge in [0.05, 0.1) is 5.69 Å². The zero-order valence-corrected chi connectivity index (χ0v) is 10.1. The molecule has 0 aliphatic carbocycles. The largest absolute Gasteiger partial charge is 0.396 e. The maximum Gasteiger partial charge on any atom is 0.128 e. The van der Waals surface area contributed by atoms with Gasteiger partial charge in [-0.05, 0) is 25.0 Å². The van der Waals surface area contributed by atoms with Gasteiger partial charge in [-0.15, -0.1) is 11.3 Å². The second kappa shape index (κ2) is 3.99. The molecule has 0 bridgehead atoms. The molecule has 80 valence electrons. The van der Waals surface area contributed by atoms with E-state index in [1.165, 1.54) is 22.5 Å². The van der Waals surface area contributed by atoms with Crippen molar-refractivity contribution in [2.75, 3.05) is 5.73 Å². The van der Waals surface area contributed by atoms with E-state index in [1.807, 2.05) is 5.38 Å². The fraction of sp³-hybridized carbons (Fsp3) is 0.154. The lowest BCUT2D eigenvalue weighted by Crippen LogP contribution is -1.90. The van der Waals surface area contributed by atoms with Crippen LogP contribution in [0.15, 0.2) is 23.6 Å². The van der Waals surface area contributed by atoms with E-state index in [1.54, 1.807) is 0 Å². The van der Waals surface area contributed by atoms with Crippen molar-refractivity contribution in [1.82, 2.24) is 0 Å². The zero-order valence-electron chi connectivity index (χ0n) is 9.24. The van der Waals surface area contributed by atoms with Crippen LogP contribution in [0.1, 0.15) is 16.0 Å². The molecule has 2 N–H and O–H groups in total. The molecule has 0 saturated carbocycles. The third kappa shape index (κ3) is 1.68. The van der Waals surface area contributed by atoms with Gasteiger partial charge in [0.25, 0.3) is 0 Å². The fourth-order valence-corrected chi connectivity index (χ4v) is 2.47. The van der Waals surface area contributed by atoms with E-state index in [9.17, 15) is 0 Å². The lowest BCUT2D eigenvalue weighted by molar-refractivity contribution is 1.40. The van der Waals surface area contributed by atoms with Gasteiger partial charge in [-0.1, -0.05) is 23.8 Å². The Morgan fingerprint density at radius 2 is 2.00 bits per heavy atom. The van der Waals surface area contributed by atoms with E-state index in [-0.39, 0.29) is 0 Å². The van der Waals surface area contributed by atoms with Crippen molar-refractivity contribution in [3.8, 4) is 17.2 Å². The Morgan fingerprint density at radius 1 is 1.25 bits per heavy atom. The van der Waals surface area contributed by atoms with Crippen molar-refractivity contribution in [1.29, 1.82) is 5.26 Å². The van der Waals surface area contributed by atoms with E-state index >= 15 is 0 Å². The van der Waals surface area contributed by atoms with E-state index in [0.717, 1.165) is 11.1 Å². The first-order valence-corrected chi connectivity index (χ1v) is 5.86. The number of hydrogen-bond acceptors (Lipinski definition) is 3. The van der Waals surface area contributed by atoms with Crippen LogP contribution in [-0.4, -0.2) is 0 Å². The molecule has 1 heterocycles. The van der Waals surface area contributed by atoms with E-state index in [0.29, 0.717) is 10.6 Å². The molecule has 0 aliphatic rings. The number of thiophene rings is 1. The Kier molecular flexibility index (Phi) is 2.67. The van der Waals surface area contributed by atoms with Crippen molar-refractivity contribution in [2.24, 2.45) is 0 Å². The van der Waals surface area contributed by atoms with Crippen LogP contribution in [0.25, 0.3) is 11.1 Å². The average molecular weight is 228 g/mol. The Morgan fingerprint density at radius 3 is 2.62 bits per heavy atom. The third-order valence-corrected chi connectivity index (χ3v) is 3.51. The van der Waals surface area contributed by atoms with Gasteiger partial charge in [0.1, 0.15) is 10.9 Å². The molecule has 0 fully saturated rings. The first-order chi connectivity index (χ1) is 7.63. The first kappa shape index (κ1) is 10.7. The summed E-state index contributed by atoms with van der Waals surface area (Å²) >= 11 is 1.40. The van der Waals surface area contributed by atoms with Crippen LogP contribution in [0, 0.1) is 25.2 Å². The number of anilines is 1. The Balaban J connectivity index is 2.64. The van der Waals surface area contributed by atoms with Crippen molar-refractivity contribution in [3.05, 3.63) is 39.6 Å². The quantitative estimate of drug-likeness (QED) is 0.812. The van der Waals surface area contributed by atoms with E-state index in [4.69, 9.17) is 11.0 Å². The maximum absolute atomic E-state index is 8.88. The topological polar surface area (TPSA) is 49.8 Å². The third-order valence-electron chi connectivity index (χ3n) is 2.61. The summed E-state index contributed by atoms with van der Waals surface area (Å²) in [6.07, 6.45) is 0. The number of nitrogens with zero attached hydrogens (tertiary/aromatic N) is 1. The normalized spacial score (nSPS) is 10.1. The van der Waals surface area contributed by atoms with Crippen molar-refractivity contribution < 1.29 is 0 Å². The number of hydrogen-bond donors (Lipinski definition) is 1. The van der Waals surface area contributed by atoms with Gasteiger partial charge < -0.3 is 5.73 Å². The van der Waals surface area contributed by atoms with Crippen LogP contribution in [-0.2, 0) is 0 Å². The van der Waals surface area contributed by atoms with Gasteiger partial charge in [0.15, 0.2) is 0 Å². The molecule has 2 nitrogen and oxygen atoms in total. The Bertz CT molecular complexity index is 576. The summed E-state index contributed by atoms with van der Waals surface area (Å²) in [5.41, 5.74) is 11.0. The molecule has 0 saturated heterocycles. The number of aryl methyl sites for hydroxylation is 2. The van der Waals surface area contributed by atoms with Gasteiger partial charge in [0, 0.05) is 10.9 Å². The number of nitriles is 1. The summed E-state index contributed by atoms with van der Waals surface area (Å²) in [4.78, 5) is 0.593. The molecule has 1 aromatic heterocycles. The molecule has 16 heavy (non-hydrogen) atoms. The maximum atomic E-state index is 8.88. The smallest absolute Gasteiger partial charge is 0.128 e. The number of nitrogens with two attached hydrogens (primary N) is 1. The summed E-state index contributed by atoms with van der Waals surface area (Å²) in [6.45, 7) is 4.11. The SMILES string of the molecule is Cc1ccc(C)c(-c2csc(C#N)c2N)c1. The lowest BCUT2D eigenvalue weighted by Gasteiger charge is -2.06. The highest BCUT2D eigenvalue weighted by Crippen LogP contribution is 2.35. The Hall–Kier alpha value is -1.79. The summed E-state index contributed by atoms with van der Waals surface area (Å²) in [5, 5.41) is 10.8. The van der Waals surface area contributed by atoms with Crippen LogP contribution >= 0.6 is 11.3 Å². The molecule has 1 aromatic carbocycles. The predicted molar refractivity (Wildman–Crippen MR) is 68.4 cm³/mol. The van der Waals surface area contributed by atoms with Gasteiger partial charge in [-0.25, -0.2) is 0 Å². The molecule has 0 unspecified atom stereocenters. The molecular weight excluding hydrogens is 216 g/mol. The summed E-state index contributed by atoms with van der Waals surface area (Å²) < 4.78 is 0. The first-order valence-electron chi connectivity index (χ1n) is 4.98. The van der Waals surface area contributed by atoms with Crippen molar-refractivity contribution >= 4 is 17.0 Å². The highest BCUT2D eigenvalue weighted by Gasteiger charge is 2.11. The highest BCUT2D eigenvalue weighted by atomic mass is 32.1. The molecule has 2 aromatic rings. The second-order valence-corrected chi connectivity index (χ2v) is 4.70. The van der Waals surface area contributed by atoms with Gasteiger partial charge >= 0.3 is 0 Å². The van der Waals surface area contributed by atoms with Gasteiger partial charge in [0.2, 0.25) is 0 Å². The molecule has 3 heteroatoms. The van der Waals surface area contributed by atoms with Crippen LogP contribution in [0.5, 0.6) is 0 Å². The zero-order chi connectivity index (χ0) is 11.7. The van der Waals surface area contributed by atoms with E-state index < -0.39 is 0 Å². The number of benzene rings is 1. The van der Waals surface area contributed by atoms with E-state index in [2.05, 4.69) is 38.1 Å². The van der Waals surface area contributed by atoms with Gasteiger partial charge in [-0.3, -0.25) is 0 Å². The fourth-order valence-electron chi connectivity index (χ4n) is 1.69. The second-order valence-electron chi connectivity index (χ2n) is 3.82. The van der Waals surface area contributed by atoms with Crippen molar-refractivity contribution in [3.63, 3.8) is 0 Å². The molecule has 2 rings (SSSR count). The van der Waals surface area contributed by atoms with Crippen molar-refractivity contribution in [2.45, 2.75) is 13.8 Å². The molecule has 0 spiro atoms. The number of rotatable bonds is 1. The van der Waals surface area contributed by atoms with Crippen LogP contribution in [0.3, 0.4) is 0 Å². The minimum absolute atomic E-state index is 0.593. The van der Waals surface area contributed by atoms with Crippen LogP contribution in [0.2, 0.25) is 0 Å². The summed E-state index contributed by atoms with van der Waals surface area (Å²) in [7, 11) is 0. The van der Waals surface area contributed by atoms with Crippen LogP contribution in [0.4, 0.5) is 5.69 Å². The lowest BCUT2D eigenvalue weighted by atomic mass is 9.99. The summed E-state index contributed by atoms with van der Waals surface area (Å²) in [5.74, 6) is 0. The predicted octanol–water partition coefficient (Wildman–Crippen LogP) is 3.49. The highest BCUT2D eigenvalue weighted by molar-refractivity contribution is 7.11. The van der Waals surface area contributed by atoms with Crippen LogP contribution < -0.4 is 5.73 Å². The minimum Gasteiger partial charge on any atom is -0.396 e. The molecule has 0 atom stereocenters. The molecule has 0 radical (unpaired) electrons. The molecule has 0 amide bonds. The Labute approximate surface area is 99.0 Å². The average Bonchev–Trinajstić information content (AvgIpc) is 2.63. The monoisotopic (exact) mass is 228 g/mol. The number of nitrogen functional groups attached to an aromatic ring is 1. The van der Waals surface area contributed by atoms with Gasteiger partial charge in [-0.2, -0.15) is 5.26 Å². The molecular formula is C13H12N2S. The summed E-state index contributed by atoms with van der Waals surface area (Å²) in [6, 6.07) is 8.37. The standard InChI is InChI=1S/C13H12N2S/c1-8-3-4-9(2)10(5-8)11-7-16-12(6-14)13(11)15/h3-5,7H,15H2,1-2H3. The molecule has 0 aliphatic heterocycles. The minimum atomic E-state index is 0.593.